The summed E-state index contributed by atoms with van der Waals surface area (Å²) in [5.41, 5.74) is -0.0677. The van der Waals surface area contributed by atoms with Crippen LogP contribution in [0.15, 0.2) is 24.3 Å². The van der Waals surface area contributed by atoms with Crippen LogP contribution in [0, 0.1) is 11.2 Å². The molecule has 0 aliphatic heterocycles. The van der Waals surface area contributed by atoms with Crippen LogP contribution < -0.4 is 5.32 Å². The van der Waals surface area contributed by atoms with E-state index in [0.29, 0.717) is 6.54 Å². The predicted molar refractivity (Wildman–Crippen MR) is 68.8 cm³/mol. The lowest BCUT2D eigenvalue weighted by Gasteiger charge is -2.21. The van der Waals surface area contributed by atoms with Crippen molar-refractivity contribution in [2.75, 3.05) is 13.2 Å². The van der Waals surface area contributed by atoms with Crippen molar-refractivity contribution < 1.29 is 14.3 Å². The summed E-state index contributed by atoms with van der Waals surface area (Å²) >= 11 is 0. The molecule has 0 unspecified atom stereocenters. The molecule has 2 N–H and O–H groups in total. The monoisotopic (exact) mass is 253 g/mol. The van der Waals surface area contributed by atoms with Gasteiger partial charge < -0.3 is 10.4 Å². The highest BCUT2D eigenvalue weighted by molar-refractivity contribution is 5.94. The number of aliphatic hydroxyl groups is 1. The van der Waals surface area contributed by atoms with Gasteiger partial charge in [0.2, 0.25) is 0 Å². The van der Waals surface area contributed by atoms with Crippen LogP contribution in [0.3, 0.4) is 0 Å². The van der Waals surface area contributed by atoms with Crippen LogP contribution in [0.25, 0.3) is 0 Å². The molecule has 0 aromatic heterocycles. The minimum absolute atomic E-state index is 0.0684. The second-order valence-corrected chi connectivity index (χ2v) is 5.16. The van der Waals surface area contributed by atoms with Gasteiger partial charge in [-0.2, -0.15) is 0 Å². The summed E-state index contributed by atoms with van der Waals surface area (Å²) in [6.45, 7) is 4.53. The van der Waals surface area contributed by atoms with Gasteiger partial charge in [0, 0.05) is 13.2 Å². The molecule has 1 amide bonds. The number of hydrogen-bond donors (Lipinski definition) is 2. The van der Waals surface area contributed by atoms with Gasteiger partial charge in [-0.25, -0.2) is 4.39 Å². The lowest BCUT2D eigenvalue weighted by atomic mass is 9.89. The zero-order valence-corrected chi connectivity index (χ0v) is 10.9. The molecule has 0 fully saturated rings. The Morgan fingerprint density at radius 3 is 2.67 bits per heavy atom. The first kappa shape index (κ1) is 14.6. The molecule has 0 heterocycles. The van der Waals surface area contributed by atoms with Gasteiger partial charge in [-0.15, -0.1) is 0 Å². The molecule has 0 spiro atoms. The Morgan fingerprint density at radius 1 is 1.39 bits per heavy atom. The molecule has 1 rings (SSSR count). The highest BCUT2D eigenvalue weighted by atomic mass is 19.1. The second kappa shape index (κ2) is 6.50. The first-order valence-electron chi connectivity index (χ1n) is 6.10. The maximum atomic E-state index is 13.3. The third-order valence-electron chi connectivity index (χ3n) is 2.86. The Kier molecular flexibility index (Phi) is 5.28. The predicted octanol–water partition coefficient (Wildman–Crippen LogP) is 2.35. The Bertz CT molecular complexity index is 405. The molecule has 0 radical (unpaired) electrons. The summed E-state index contributed by atoms with van der Waals surface area (Å²) in [6.07, 6.45) is 1.56. The summed E-state index contributed by atoms with van der Waals surface area (Å²) in [4.78, 5) is 11.7. The number of hydrogen-bond acceptors (Lipinski definition) is 2. The summed E-state index contributed by atoms with van der Waals surface area (Å²) in [5.74, 6) is -0.902. The molecule has 4 heteroatoms. The average Bonchev–Trinajstić information content (AvgIpc) is 2.35. The van der Waals surface area contributed by atoms with Gasteiger partial charge in [0.25, 0.3) is 5.91 Å². The molecule has 0 saturated heterocycles. The lowest BCUT2D eigenvalue weighted by Crippen LogP contribution is -2.27. The highest BCUT2D eigenvalue weighted by Crippen LogP contribution is 2.20. The first-order chi connectivity index (χ1) is 8.46. The number of nitrogens with one attached hydrogen (secondary N) is 1. The fourth-order valence-electron chi connectivity index (χ4n) is 1.59. The normalized spacial score (nSPS) is 11.3. The van der Waals surface area contributed by atoms with Gasteiger partial charge in [0.15, 0.2) is 0 Å². The Balaban J connectivity index is 2.37. The van der Waals surface area contributed by atoms with Crippen LogP contribution in [0.4, 0.5) is 4.39 Å². The van der Waals surface area contributed by atoms with Crippen molar-refractivity contribution >= 4 is 5.91 Å². The third kappa shape index (κ3) is 4.45. The Hall–Kier alpha value is -1.42. The molecule has 0 bridgehead atoms. The fourth-order valence-corrected chi connectivity index (χ4v) is 1.59. The van der Waals surface area contributed by atoms with E-state index in [-0.39, 0.29) is 17.6 Å². The van der Waals surface area contributed by atoms with Crippen LogP contribution in [-0.4, -0.2) is 24.2 Å². The maximum absolute atomic E-state index is 13.3. The molecular weight excluding hydrogens is 233 g/mol. The first-order valence-corrected chi connectivity index (χ1v) is 6.10. The van der Waals surface area contributed by atoms with E-state index in [2.05, 4.69) is 5.32 Å². The van der Waals surface area contributed by atoms with E-state index < -0.39 is 11.7 Å². The van der Waals surface area contributed by atoms with Crippen LogP contribution >= 0.6 is 0 Å². The molecular formula is C14H20FNO2. The van der Waals surface area contributed by atoms with E-state index in [4.69, 9.17) is 5.11 Å². The molecule has 0 atom stereocenters. The number of carbonyl (C=O) groups is 1. The summed E-state index contributed by atoms with van der Waals surface area (Å²) in [5, 5.41) is 11.8. The molecule has 0 aliphatic carbocycles. The van der Waals surface area contributed by atoms with Crippen LogP contribution in [0.5, 0.6) is 0 Å². The largest absolute Gasteiger partial charge is 0.396 e. The molecule has 1 aromatic carbocycles. The summed E-state index contributed by atoms with van der Waals surface area (Å²) in [7, 11) is 0. The van der Waals surface area contributed by atoms with Gasteiger partial charge in [-0.1, -0.05) is 26.0 Å². The molecule has 0 aliphatic rings. The van der Waals surface area contributed by atoms with Gasteiger partial charge in [0.05, 0.1) is 5.56 Å². The maximum Gasteiger partial charge on any atom is 0.254 e. The number of aliphatic hydroxyl groups excluding tert-OH is 1. The fraction of sp³-hybridized carbons (Fsp3) is 0.500. The van der Waals surface area contributed by atoms with Crippen LogP contribution in [0.2, 0.25) is 0 Å². The lowest BCUT2D eigenvalue weighted by molar-refractivity contribution is 0.0944. The SMILES string of the molecule is CC(C)(CO)CCCNC(=O)c1ccccc1F. The van der Waals surface area contributed by atoms with Gasteiger partial charge >= 0.3 is 0 Å². The number of amides is 1. The van der Waals surface area contributed by atoms with Crippen LogP contribution in [-0.2, 0) is 0 Å². The van der Waals surface area contributed by atoms with Gasteiger partial charge in [-0.05, 0) is 30.4 Å². The van der Waals surface area contributed by atoms with E-state index in [1.807, 2.05) is 13.8 Å². The van der Waals surface area contributed by atoms with E-state index in [1.54, 1.807) is 12.1 Å². The van der Waals surface area contributed by atoms with E-state index >= 15 is 0 Å². The van der Waals surface area contributed by atoms with Crippen molar-refractivity contribution in [1.82, 2.24) is 5.32 Å². The number of benzene rings is 1. The summed E-state index contributed by atoms with van der Waals surface area (Å²) < 4.78 is 13.3. The van der Waals surface area contributed by atoms with Crippen molar-refractivity contribution in [2.45, 2.75) is 26.7 Å². The zero-order chi connectivity index (χ0) is 13.6. The average molecular weight is 253 g/mol. The number of halogens is 1. The highest BCUT2D eigenvalue weighted by Gasteiger charge is 2.16. The Morgan fingerprint density at radius 2 is 2.06 bits per heavy atom. The van der Waals surface area contributed by atoms with Crippen molar-refractivity contribution in [3.8, 4) is 0 Å². The topological polar surface area (TPSA) is 49.3 Å². The summed E-state index contributed by atoms with van der Waals surface area (Å²) in [6, 6.07) is 5.91. The standard InChI is InChI=1S/C14H20FNO2/c1-14(2,10-17)8-5-9-16-13(18)11-6-3-4-7-12(11)15/h3-4,6-7,17H,5,8-10H2,1-2H3,(H,16,18). The minimum atomic E-state index is -0.509. The van der Waals surface area contributed by atoms with Gasteiger partial charge in [0.1, 0.15) is 5.82 Å². The molecule has 3 nitrogen and oxygen atoms in total. The zero-order valence-electron chi connectivity index (χ0n) is 10.9. The smallest absolute Gasteiger partial charge is 0.254 e. The Labute approximate surface area is 107 Å². The van der Waals surface area contributed by atoms with E-state index in [9.17, 15) is 9.18 Å². The van der Waals surface area contributed by atoms with Crippen molar-refractivity contribution in [1.29, 1.82) is 0 Å². The quantitative estimate of drug-likeness (QED) is 0.765. The van der Waals surface area contributed by atoms with E-state index in [0.717, 1.165) is 12.8 Å². The van der Waals surface area contributed by atoms with Gasteiger partial charge in [-0.3, -0.25) is 4.79 Å². The van der Waals surface area contributed by atoms with Crippen molar-refractivity contribution in [2.24, 2.45) is 5.41 Å². The minimum Gasteiger partial charge on any atom is -0.396 e. The van der Waals surface area contributed by atoms with Crippen molar-refractivity contribution in [3.63, 3.8) is 0 Å². The molecule has 0 saturated carbocycles. The van der Waals surface area contributed by atoms with Crippen LogP contribution in [0.1, 0.15) is 37.0 Å². The third-order valence-corrected chi connectivity index (χ3v) is 2.86. The van der Waals surface area contributed by atoms with E-state index in [1.165, 1.54) is 12.1 Å². The molecule has 1 aromatic rings. The molecule has 100 valence electrons. The molecule has 18 heavy (non-hydrogen) atoms. The van der Waals surface area contributed by atoms with Crippen molar-refractivity contribution in [3.05, 3.63) is 35.6 Å². The number of carbonyl (C=O) groups excluding carboxylic acids is 1. The number of rotatable bonds is 6. The second-order valence-electron chi connectivity index (χ2n) is 5.16.